The average molecular weight is 436 g/mol. The Morgan fingerprint density at radius 1 is 0.968 bits per heavy atom. The third-order valence-electron chi connectivity index (χ3n) is 4.38. The maximum atomic E-state index is 11.9. The minimum atomic E-state index is -0.594. The van der Waals surface area contributed by atoms with E-state index >= 15 is 0 Å². The van der Waals surface area contributed by atoms with Crippen LogP contribution in [0.4, 0.5) is 5.69 Å². The number of rotatable bonds is 8. The molecule has 0 bridgehead atoms. The highest BCUT2D eigenvalue weighted by atomic mass is 35.5. The van der Waals surface area contributed by atoms with Gasteiger partial charge in [-0.2, -0.15) is 0 Å². The van der Waals surface area contributed by atoms with Crippen LogP contribution in [0.15, 0.2) is 78.9 Å². The van der Waals surface area contributed by atoms with Gasteiger partial charge in [0.2, 0.25) is 0 Å². The molecule has 1 N–H and O–H groups in total. The summed E-state index contributed by atoms with van der Waals surface area (Å²) in [5, 5.41) is 3.40. The van der Waals surface area contributed by atoms with E-state index < -0.39 is 11.9 Å². The topological polar surface area (TPSA) is 64.6 Å². The van der Waals surface area contributed by atoms with Crippen molar-refractivity contribution in [2.45, 2.75) is 13.5 Å². The molecule has 3 rings (SSSR count). The van der Waals surface area contributed by atoms with Crippen molar-refractivity contribution in [3.05, 3.63) is 101 Å². The Hall–Kier alpha value is -3.57. The lowest BCUT2D eigenvalue weighted by Crippen LogP contribution is -2.20. The largest absolute Gasteiger partial charge is 0.489 e. The second-order valence-electron chi connectivity index (χ2n) is 6.79. The molecule has 31 heavy (non-hydrogen) atoms. The van der Waals surface area contributed by atoms with E-state index in [9.17, 15) is 9.59 Å². The normalized spacial score (nSPS) is 10.6. The van der Waals surface area contributed by atoms with Crippen molar-refractivity contribution in [2.75, 3.05) is 11.9 Å². The molecule has 0 aliphatic heterocycles. The number of carbonyl (C=O) groups is 2. The number of amides is 1. The highest BCUT2D eigenvalue weighted by Crippen LogP contribution is 2.16. The molecule has 0 spiro atoms. The van der Waals surface area contributed by atoms with E-state index in [1.807, 2.05) is 73.7 Å². The summed E-state index contributed by atoms with van der Waals surface area (Å²) >= 11 is 5.87. The third-order valence-corrected chi connectivity index (χ3v) is 4.63. The number of benzene rings is 3. The molecule has 0 unspecified atom stereocenters. The molecule has 3 aromatic rings. The van der Waals surface area contributed by atoms with Gasteiger partial charge in [-0.1, -0.05) is 54.1 Å². The first-order valence-electron chi connectivity index (χ1n) is 9.67. The Morgan fingerprint density at radius 3 is 2.39 bits per heavy atom. The molecular formula is C25H22ClNO4. The summed E-state index contributed by atoms with van der Waals surface area (Å²) in [5.41, 5.74) is 3.45. The van der Waals surface area contributed by atoms with Gasteiger partial charge >= 0.3 is 5.97 Å². The quantitative estimate of drug-likeness (QED) is 0.379. The Morgan fingerprint density at radius 2 is 1.68 bits per heavy atom. The SMILES string of the molecule is Cc1ccccc1NC(=O)COC(=O)C=Cc1ccc(OCc2ccc(Cl)cc2)cc1. The molecule has 0 aliphatic carbocycles. The maximum absolute atomic E-state index is 11.9. The van der Waals surface area contributed by atoms with Crippen molar-refractivity contribution in [3.8, 4) is 5.75 Å². The number of aryl methyl sites for hydroxylation is 1. The lowest BCUT2D eigenvalue weighted by Gasteiger charge is -2.08. The molecule has 158 valence electrons. The minimum Gasteiger partial charge on any atom is -0.489 e. The number of para-hydroxylation sites is 1. The van der Waals surface area contributed by atoms with E-state index in [0.717, 1.165) is 16.7 Å². The summed E-state index contributed by atoms with van der Waals surface area (Å²) in [5.74, 6) is -0.274. The van der Waals surface area contributed by atoms with E-state index in [1.165, 1.54) is 6.08 Å². The monoisotopic (exact) mass is 435 g/mol. The second-order valence-corrected chi connectivity index (χ2v) is 7.22. The van der Waals surface area contributed by atoms with Gasteiger partial charge in [-0.05, 0) is 60.0 Å². The molecule has 1 amide bonds. The van der Waals surface area contributed by atoms with Crippen LogP contribution in [0.3, 0.4) is 0 Å². The molecule has 0 aliphatic rings. The van der Waals surface area contributed by atoms with Gasteiger partial charge in [-0.3, -0.25) is 4.79 Å². The van der Waals surface area contributed by atoms with Crippen LogP contribution in [0.1, 0.15) is 16.7 Å². The Labute approximate surface area is 186 Å². The number of anilines is 1. The van der Waals surface area contributed by atoms with Crippen LogP contribution in [0, 0.1) is 6.92 Å². The van der Waals surface area contributed by atoms with Crippen LogP contribution in [-0.4, -0.2) is 18.5 Å². The first-order chi connectivity index (χ1) is 15.0. The lowest BCUT2D eigenvalue weighted by molar-refractivity contribution is -0.142. The molecule has 0 heterocycles. The molecule has 0 radical (unpaired) electrons. The highest BCUT2D eigenvalue weighted by Gasteiger charge is 2.07. The highest BCUT2D eigenvalue weighted by molar-refractivity contribution is 6.30. The number of hydrogen-bond acceptors (Lipinski definition) is 4. The first kappa shape index (κ1) is 22.1. The summed E-state index contributed by atoms with van der Waals surface area (Å²) in [6, 6.07) is 22.1. The van der Waals surface area contributed by atoms with Crippen LogP contribution in [-0.2, 0) is 20.9 Å². The molecule has 6 heteroatoms. The predicted molar refractivity (Wildman–Crippen MR) is 122 cm³/mol. The number of ether oxygens (including phenoxy) is 2. The zero-order valence-corrected chi connectivity index (χ0v) is 17.8. The fourth-order valence-corrected chi connectivity index (χ4v) is 2.80. The second kappa shape index (κ2) is 11.0. The van der Waals surface area contributed by atoms with Crippen molar-refractivity contribution in [1.29, 1.82) is 0 Å². The van der Waals surface area contributed by atoms with Crippen molar-refractivity contribution in [1.82, 2.24) is 0 Å². The van der Waals surface area contributed by atoms with Crippen molar-refractivity contribution in [3.63, 3.8) is 0 Å². The Bertz CT molecular complexity index is 1060. The average Bonchev–Trinajstić information content (AvgIpc) is 2.78. The molecule has 0 saturated carbocycles. The summed E-state index contributed by atoms with van der Waals surface area (Å²) < 4.78 is 10.7. The smallest absolute Gasteiger partial charge is 0.331 e. The van der Waals surface area contributed by atoms with Gasteiger partial charge in [0.05, 0.1) is 0 Å². The van der Waals surface area contributed by atoms with Crippen LogP contribution in [0.2, 0.25) is 5.02 Å². The van der Waals surface area contributed by atoms with Gasteiger partial charge in [-0.15, -0.1) is 0 Å². The Balaban J connectivity index is 1.43. The van der Waals surface area contributed by atoms with E-state index in [0.29, 0.717) is 23.1 Å². The van der Waals surface area contributed by atoms with Crippen LogP contribution in [0.5, 0.6) is 5.75 Å². The van der Waals surface area contributed by atoms with E-state index in [1.54, 1.807) is 12.1 Å². The number of hydrogen-bond donors (Lipinski definition) is 1. The van der Waals surface area contributed by atoms with Crippen molar-refractivity contribution in [2.24, 2.45) is 0 Å². The van der Waals surface area contributed by atoms with Gasteiger partial charge in [0.1, 0.15) is 12.4 Å². The zero-order chi connectivity index (χ0) is 22.1. The predicted octanol–water partition coefficient (Wildman–Crippen LogP) is 5.42. The van der Waals surface area contributed by atoms with Gasteiger partial charge in [-0.25, -0.2) is 4.79 Å². The molecule has 0 aromatic heterocycles. The zero-order valence-electron chi connectivity index (χ0n) is 17.0. The fraction of sp³-hybridized carbons (Fsp3) is 0.120. The van der Waals surface area contributed by atoms with Gasteiger partial charge < -0.3 is 14.8 Å². The molecular weight excluding hydrogens is 414 g/mol. The third kappa shape index (κ3) is 7.32. The molecule has 0 atom stereocenters. The van der Waals surface area contributed by atoms with E-state index in [-0.39, 0.29) is 6.61 Å². The number of esters is 1. The number of carbonyl (C=O) groups excluding carboxylic acids is 2. The summed E-state index contributed by atoms with van der Waals surface area (Å²) in [4.78, 5) is 23.8. The van der Waals surface area contributed by atoms with Crippen LogP contribution < -0.4 is 10.1 Å². The van der Waals surface area contributed by atoms with Gasteiger partial charge in [0.25, 0.3) is 5.91 Å². The maximum Gasteiger partial charge on any atom is 0.331 e. The van der Waals surface area contributed by atoms with Crippen LogP contribution >= 0.6 is 11.6 Å². The standard InChI is InChI=1S/C25H22ClNO4/c1-18-4-2-3-5-23(18)27-24(28)17-31-25(29)15-10-19-8-13-22(14-9-19)30-16-20-6-11-21(26)12-7-20/h2-15H,16-17H2,1H3,(H,27,28). The molecule has 0 fully saturated rings. The van der Waals surface area contributed by atoms with Gasteiger partial charge in [0.15, 0.2) is 6.61 Å². The minimum absolute atomic E-state index is 0.352. The van der Waals surface area contributed by atoms with Crippen molar-refractivity contribution >= 4 is 35.2 Å². The molecule has 5 nitrogen and oxygen atoms in total. The number of halogens is 1. The van der Waals surface area contributed by atoms with Gasteiger partial charge in [0, 0.05) is 16.8 Å². The lowest BCUT2D eigenvalue weighted by atomic mass is 10.2. The van der Waals surface area contributed by atoms with E-state index in [2.05, 4.69) is 5.32 Å². The van der Waals surface area contributed by atoms with E-state index in [4.69, 9.17) is 21.1 Å². The first-order valence-corrected chi connectivity index (χ1v) is 10.0. The van der Waals surface area contributed by atoms with Crippen molar-refractivity contribution < 1.29 is 19.1 Å². The Kier molecular flexibility index (Phi) is 7.85. The summed E-state index contributed by atoms with van der Waals surface area (Å²) in [6.07, 6.45) is 2.90. The summed E-state index contributed by atoms with van der Waals surface area (Å²) in [7, 11) is 0. The summed E-state index contributed by atoms with van der Waals surface area (Å²) in [6.45, 7) is 1.97. The fourth-order valence-electron chi connectivity index (χ4n) is 2.67. The molecule has 0 saturated heterocycles. The number of nitrogens with one attached hydrogen (secondary N) is 1. The molecule has 3 aromatic carbocycles. The van der Waals surface area contributed by atoms with Crippen LogP contribution in [0.25, 0.3) is 6.08 Å².